The van der Waals surface area contributed by atoms with Gasteiger partial charge in [-0.15, -0.1) is 0 Å². The highest BCUT2D eigenvalue weighted by Crippen LogP contribution is 2.27. The number of nitrogens with zero attached hydrogens (tertiary/aromatic N) is 4. The third-order valence-electron chi connectivity index (χ3n) is 4.09. The van der Waals surface area contributed by atoms with Crippen molar-refractivity contribution < 1.29 is 4.74 Å². The quantitative estimate of drug-likeness (QED) is 0.597. The van der Waals surface area contributed by atoms with Crippen molar-refractivity contribution in [2.24, 2.45) is 0 Å². The topological polar surface area (TPSA) is 78.3 Å². The van der Waals surface area contributed by atoms with E-state index in [0.717, 1.165) is 16.9 Å². The number of hydrogen-bond acceptors (Lipinski definition) is 5. The fourth-order valence-electron chi connectivity index (χ4n) is 2.86. The minimum atomic E-state index is 0.276. The Kier molecular flexibility index (Phi) is 4.18. The Morgan fingerprint density at radius 2 is 1.85 bits per heavy atom. The van der Waals surface area contributed by atoms with E-state index in [1.165, 1.54) is 4.52 Å². The van der Waals surface area contributed by atoms with Crippen LogP contribution >= 0.6 is 11.6 Å². The SMILES string of the molecule is COc1ccccc1Cc1nc(N)n2nc(-c3ccccc3Cl)cc2n1. The number of nitrogen functional groups attached to an aromatic ring is 1. The van der Waals surface area contributed by atoms with Crippen molar-refractivity contribution in [1.82, 2.24) is 19.6 Å². The van der Waals surface area contributed by atoms with Gasteiger partial charge in [-0.25, -0.2) is 4.98 Å². The van der Waals surface area contributed by atoms with Crippen LogP contribution in [0.2, 0.25) is 5.02 Å². The predicted octanol–water partition coefficient (Wildman–Crippen LogP) is 3.63. The molecule has 0 unspecified atom stereocenters. The molecule has 7 heteroatoms. The molecule has 4 aromatic rings. The van der Waals surface area contributed by atoms with Gasteiger partial charge in [0.25, 0.3) is 0 Å². The average molecular weight is 366 g/mol. The molecule has 0 saturated heterocycles. The van der Waals surface area contributed by atoms with Gasteiger partial charge in [0.15, 0.2) is 5.65 Å². The van der Waals surface area contributed by atoms with Crippen molar-refractivity contribution >= 4 is 23.2 Å². The van der Waals surface area contributed by atoms with Gasteiger partial charge >= 0.3 is 0 Å². The van der Waals surface area contributed by atoms with Crippen LogP contribution < -0.4 is 10.5 Å². The fraction of sp³-hybridized carbons (Fsp3) is 0.105. The molecule has 0 bridgehead atoms. The maximum absolute atomic E-state index is 6.27. The Bertz CT molecular complexity index is 1090. The number of rotatable bonds is 4. The summed E-state index contributed by atoms with van der Waals surface area (Å²) in [7, 11) is 1.64. The predicted molar refractivity (Wildman–Crippen MR) is 101 cm³/mol. The standard InChI is InChI=1S/C19H16ClN5O/c1-26-16-9-5-2-6-12(16)10-17-22-18-11-15(24-25(18)19(21)23-17)13-7-3-4-8-14(13)20/h2-9,11H,10H2,1H3,(H2,21,22,23). The van der Waals surface area contributed by atoms with Crippen LogP contribution in [0.4, 0.5) is 5.95 Å². The zero-order valence-electron chi connectivity index (χ0n) is 14.1. The number of methoxy groups -OCH3 is 1. The Morgan fingerprint density at radius 1 is 1.08 bits per heavy atom. The van der Waals surface area contributed by atoms with Crippen LogP contribution in [0, 0.1) is 0 Å². The fourth-order valence-corrected chi connectivity index (χ4v) is 3.09. The van der Waals surface area contributed by atoms with Gasteiger partial charge < -0.3 is 10.5 Å². The van der Waals surface area contributed by atoms with Crippen molar-refractivity contribution in [3.63, 3.8) is 0 Å². The summed E-state index contributed by atoms with van der Waals surface area (Å²) in [4.78, 5) is 8.97. The van der Waals surface area contributed by atoms with Crippen LogP contribution in [0.5, 0.6) is 5.75 Å². The largest absolute Gasteiger partial charge is 0.496 e. The number of fused-ring (bicyclic) bond motifs is 1. The average Bonchev–Trinajstić information content (AvgIpc) is 3.07. The Hall–Kier alpha value is -3.12. The summed E-state index contributed by atoms with van der Waals surface area (Å²) in [5.74, 6) is 1.67. The molecule has 0 radical (unpaired) electrons. The van der Waals surface area contributed by atoms with Crippen molar-refractivity contribution in [1.29, 1.82) is 0 Å². The minimum Gasteiger partial charge on any atom is -0.496 e. The van der Waals surface area contributed by atoms with E-state index >= 15 is 0 Å². The molecule has 0 aliphatic heterocycles. The lowest BCUT2D eigenvalue weighted by Crippen LogP contribution is -2.08. The van der Waals surface area contributed by atoms with E-state index in [1.807, 2.05) is 54.6 Å². The molecule has 2 aromatic heterocycles. The zero-order chi connectivity index (χ0) is 18.1. The Morgan fingerprint density at radius 3 is 2.65 bits per heavy atom. The van der Waals surface area contributed by atoms with Gasteiger partial charge in [-0.2, -0.15) is 14.6 Å². The second-order valence-electron chi connectivity index (χ2n) is 5.77. The van der Waals surface area contributed by atoms with Crippen molar-refractivity contribution in [2.75, 3.05) is 12.8 Å². The number of anilines is 1. The van der Waals surface area contributed by atoms with Crippen molar-refractivity contribution in [3.05, 3.63) is 71.0 Å². The molecule has 0 aliphatic rings. The van der Waals surface area contributed by atoms with Crippen LogP contribution in [0.3, 0.4) is 0 Å². The number of halogens is 1. The first-order valence-corrected chi connectivity index (χ1v) is 8.42. The molecule has 0 aliphatic carbocycles. The lowest BCUT2D eigenvalue weighted by molar-refractivity contribution is 0.410. The summed E-state index contributed by atoms with van der Waals surface area (Å²) in [5, 5.41) is 5.10. The number of ether oxygens (including phenoxy) is 1. The lowest BCUT2D eigenvalue weighted by Gasteiger charge is -2.08. The van der Waals surface area contributed by atoms with Crippen molar-refractivity contribution in [3.8, 4) is 17.0 Å². The van der Waals surface area contributed by atoms with Gasteiger partial charge in [-0.05, 0) is 12.1 Å². The normalized spacial score (nSPS) is 11.0. The van der Waals surface area contributed by atoms with E-state index in [1.54, 1.807) is 7.11 Å². The lowest BCUT2D eigenvalue weighted by atomic mass is 10.1. The minimum absolute atomic E-state index is 0.276. The van der Waals surface area contributed by atoms with Gasteiger partial charge in [0.2, 0.25) is 5.95 Å². The number of benzene rings is 2. The first-order chi connectivity index (χ1) is 12.7. The molecule has 0 amide bonds. The van der Waals surface area contributed by atoms with Gasteiger partial charge in [-0.1, -0.05) is 48.0 Å². The number of nitrogens with two attached hydrogens (primary N) is 1. The third-order valence-corrected chi connectivity index (χ3v) is 4.42. The summed E-state index contributed by atoms with van der Waals surface area (Å²) in [5.41, 5.74) is 9.23. The van der Waals surface area contributed by atoms with E-state index < -0.39 is 0 Å². The second-order valence-corrected chi connectivity index (χ2v) is 6.17. The van der Waals surface area contributed by atoms with Gasteiger partial charge in [0, 0.05) is 23.6 Å². The van der Waals surface area contributed by atoms with Gasteiger partial charge in [0.1, 0.15) is 11.6 Å². The number of hydrogen-bond donors (Lipinski definition) is 1. The number of aromatic nitrogens is 4. The van der Waals surface area contributed by atoms with Crippen molar-refractivity contribution in [2.45, 2.75) is 6.42 Å². The van der Waals surface area contributed by atoms with E-state index in [0.29, 0.717) is 28.6 Å². The summed E-state index contributed by atoms with van der Waals surface area (Å²) >= 11 is 6.27. The molecule has 0 saturated carbocycles. The first kappa shape index (κ1) is 16.4. The molecule has 26 heavy (non-hydrogen) atoms. The summed E-state index contributed by atoms with van der Waals surface area (Å²) < 4.78 is 6.91. The van der Waals surface area contributed by atoms with Crippen LogP contribution in [0.1, 0.15) is 11.4 Å². The zero-order valence-corrected chi connectivity index (χ0v) is 14.8. The highest BCUT2D eigenvalue weighted by molar-refractivity contribution is 6.33. The monoisotopic (exact) mass is 365 g/mol. The van der Waals surface area contributed by atoms with E-state index in [-0.39, 0.29) is 5.95 Å². The Labute approximate surface area is 155 Å². The van der Waals surface area contributed by atoms with E-state index in [4.69, 9.17) is 22.1 Å². The highest BCUT2D eigenvalue weighted by atomic mass is 35.5. The van der Waals surface area contributed by atoms with Crippen LogP contribution in [-0.2, 0) is 6.42 Å². The smallest absolute Gasteiger partial charge is 0.224 e. The van der Waals surface area contributed by atoms with Gasteiger partial charge in [0.05, 0.1) is 17.8 Å². The highest BCUT2D eigenvalue weighted by Gasteiger charge is 2.13. The first-order valence-electron chi connectivity index (χ1n) is 8.04. The molecule has 0 atom stereocenters. The Balaban J connectivity index is 1.76. The van der Waals surface area contributed by atoms with Crippen LogP contribution in [-0.4, -0.2) is 26.7 Å². The maximum Gasteiger partial charge on any atom is 0.224 e. The summed E-state index contributed by atoms with van der Waals surface area (Å²) in [6, 6.07) is 17.1. The molecule has 130 valence electrons. The van der Waals surface area contributed by atoms with E-state index in [2.05, 4.69) is 15.1 Å². The molecule has 4 rings (SSSR count). The van der Waals surface area contributed by atoms with Crippen LogP contribution in [0.25, 0.3) is 16.9 Å². The second kappa shape index (κ2) is 6.65. The maximum atomic E-state index is 6.27. The van der Waals surface area contributed by atoms with E-state index in [9.17, 15) is 0 Å². The molecular weight excluding hydrogens is 350 g/mol. The molecule has 0 fully saturated rings. The summed E-state index contributed by atoms with van der Waals surface area (Å²) in [6.45, 7) is 0. The molecular formula is C19H16ClN5O. The number of para-hydroxylation sites is 1. The molecule has 2 heterocycles. The summed E-state index contributed by atoms with van der Waals surface area (Å²) in [6.07, 6.45) is 0.511. The van der Waals surface area contributed by atoms with Crippen LogP contribution in [0.15, 0.2) is 54.6 Å². The molecule has 2 N–H and O–H groups in total. The van der Waals surface area contributed by atoms with Gasteiger partial charge in [-0.3, -0.25) is 0 Å². The third kappa shape index (κ3) is 2.95. The molecule has 2 aromatic carbocycles. The molecule has 6 nitrogen and oxygen atoms in total. The molecule has 0 spiro atoms.